The summed E-state index contributed by atoms with van der Waals surface area (Å²) in [6.07, 6.45) is 3.37. The Hall–Kier alpha value is 1.11. The Morgan fingerprint density at radius 3 is 2.20 bits per heavy atom. The smallest absolute Gasteiger partial charge is 0.772 e. The maximum absolute atomic E-state index is 10.2. The monoisotopic (exact) mass is 170 g/mol. The van der Waals surface area contributed by atoms with Crippen LogP contribution in [0.25, 0.3) is 0 Å². The minimum atomic E-state index is -1.83. The largest absolute Gasteiger partial charge is 1.00 e. The summed E-state index contributed by atoms with van der Waals surface area (Å²) in [5.74, 6) is 0.354. The van der Waals surface area contributed by atoms with Crippen LogP contribution in [0, 0.1) is 5.41 Å². The van der Waals surface area contributed by atoms with E-state index < -0.39 is 11.1 Å². The summed E-state index contributed by atoms with van der Waals surface area (Å²) in [5, 5.41) is 0. The molecule has 4 heteroatoms. The fraction of sp³-hybridized carbons (Fsp3) is 1.00. The molecule has 1 rings (SSSR count). The average molecular weight is 170 g/mol. The first kappa shape index (κ1) is 11.1. The maximum Gasteiger partial charge on any atom is 1.00 e. The normalized spacial score (nSPS) is 24.2. The zero-order valence-electron chi connectivity index (χ0n) is 6.55. The quantitative estimate of drug-likeness (QED) is 0.357. The standard InChI is InChI=1S/C6H12O2S.Na/c1-6(3-2-4-6)5-9(7)8;/h2-5H2,1H3,(H,7,8);/q;+1/p-1. The SMILES string of the molecule is CC1(CS(=O)[O-])CCC1.[Na+]. The second-order valence-electron chi connectivity index (χ2n) is 3.11. The van der Waals surface area contributed by atoms with Gasteiger partial charge in [-0.15, -0.1) is 0 Å². The molecule has 54 valence electrons. The zero-order chi connectivity index (χ0) is 6.91. The summed E-state index contributed by atoms with van der Waals surface area (Å²) in [7, 11) is 0. The van der Waals surface area contributed by atoms with Gasteiger partial charge in [-0.3, -0.25) is 4.21 Å². The molecule has 0 spiro atoms. The average Bonchev–Trinajstić information content (AvgIpc) is 1.60. The van der Waals surface area contributed by atoms with Gasteiger partial charge in [0.1, 0.15) is 0 Å². The molecule has 0 heterocycles. The van der Waals surface area contributed by atoms with E-state index in [2.05, 4.69) is 0 Å². The molecule has 0 aromatic rings. The molecule has 0 saturated heterocycles. The molecule has 0 aromatic carbocycles. The van der Waals surface area contributed by atoms with Gasteiger partial charge in [-0.2, -0.15) is 0 Å². The minimum absolute atomic E-state index is 0. The van der Waals surface area contributed by atoms with Crippen molar-refractivity contribution in [1.82, 2.24) is 0 Å². The van der Waals surface area contributed by atoms with Gasteiger partial charge in [0, 0.05) is 5.75 Å². The van der Waals surface area contributed by atoms with Gasteiger partial charge in [-0.1, -0.05) is 24.4 Å². The molecule has 1 aliphatic carbocycles. The summed E-state index contributed by atoms with van der Waals surface area (Å²) in [4.78, 5) is 0. The van der Waals surface area contributed by atoms with Crippen LogP contribution in [-0.2, 0) is 11.1 Å². The van der Waals surface area contributed by atoms with E-state index in [1.54, 1.807) is 0 Å². The fourth-order valence-electron chi connectivity index (χ4n) is 1.21. The topological polar surface area (TPSA) is 40.1 Å². The van der Waals surface area contributed by atoms with Gasteiger partial charge in [-0.25, -0.2) is 0 Å². The molecular formula is C6H11NaO2S. The molecule has 1 unspecified atom stereocenters. The first-order valence-corrected chi connectivity index (χ1v) is 4.43. The van der Waals surface area contributed by atoms with Gasteiger partial charge in [0.25, 0.3) is 0 Å². The van der Waals surface area contributed by atoms with Crippen molar-refractivity contribution in [2.45, 2.75) is 26.2 Å². The van der Waals surface area contributed by atoms with Crippen molar-refractivity contribution < 1.29 is 38.3 Å². The minimum Gasteiger partial charge on any atom is -0.772 e. The van der Waals surface area contributed by atoms with E-state index >= 15 is 0 Å². The number of hydrogen-bond acceptors (Lipinski definition) is 2. The molecule has 0 aromatic heterocycles. The van der Waals surface area contributed by atoms with E-state index in [4.69, 9.17) is 0 Å². The van der Waals surface area contributed by atoms with Crippen LogP contribution in [0.2, 0.25) is 0 Å². The van der Waals surface area contributed by atoms with E-state index in [1.165, 1.54) is 6.42 Å². The second kappa shape index (κ2) is 4.21. The van der Waals surface area contributed by atoms with E-state index in [0.29, 0.717) is 5.75 Å². The van der Waals surface area contributed by atoms with Crippen LogP contribution in [0.3, 0.4) is 0 Å². The first-order valence-electron chi connectivity index (χ1n) is 3.18. The molecule has 1 saturated carbocycles. The third-order valence-corrected chi connectivity index (χ3v) is 2.96. The molecule has 1 atom stereocenters. The maximum atomic E-state index is 10.2. The fourth-order valence-corrected chi connectivity index (χ4v) is 2.07. The van der Waals surface area contributed by atoms with E-state index in [9.17, 15) is 8.76 Å². The molecule has 0 N–H and O–H groups in total. The Morgan fingerprint density at radius 2 is 2.10 bits per heavy atom. The number of rotatable bonds is 2. The van der Waals surface area contributed by atoms with Gasteiger partial charge in [0.15, 0.2) is 0 Å². The van der Waals surface area contributed by atoms with Crippen molar-refractivity contribution in [3.8, 4) is 0 Å². The summed E-state index contributed by atoms with van der Waals surface area (Å²) >= 11 is -1.83. The molecule has 0 amide bonds. The molecule has 0 aliphatic heterocycles. The predicted molar refractivity (Wildman–Crippen MR) is 35.7 cm³/mol. The van der Waals surface area contributed by atoms with Crippen LogP contribution in [0.1, 0.15) is 26.2 Å². The molecule has 0 bridgehead atoms. The van der Waals surface area contributed by atoms with Crippen molar-refractivity contribution in [1.29, 1.82) is 0 Å². The molecule has 2 nitrogen and oxygen atoms in total. The molecule has 10 heavy (non-hydrogen) atoms. The van der Waals surface area contributed by atoms with Gasteiger partial charge in [0.2, 0.25) is 0 Å². The van der Waals surface area contributed by atoms with Crippen molar-refractivity contribution in [2.75, 3.05) is 5.75 Å². The van der Waals surface area contributed by atoms with Crippen molar-refractivity contribution >= 4 is 11.1 Å². The van der Waals surface area contributed by atoms with Crippen molar-refractivity contribution in [3.05, 3.63) is 0 Å². The molecule has 1 fully saturated rings. The third kappa shape index (κ3) is 3.01. The zero-order valence-corrected chi connectivity index (χ0v) is 9.37. The Labute approximate surface area is 86.3 Å². The van der Waals surface area contributed by atoms with Crippen LogP contribution in [0.15, 0.2) is 0 Å². The molecular weight excluding hydrogens is 159 g/mol. The molecule has 1 aliphatic rings. The van der Waals surface area contributed by atoms with E-state index in [0.717, 1.165) is 12.8 Å². The van der Waals surface area contributed by atoms with Crippen LogP contribution in [0.5, 0.6) is 0 Å². The Morgan fingerprint density at radius 1 is 1.60 bits per heavy atom. The van der Waals surface area contributed by atoms with Gasteiger partial charge >= 0.3 is 29.6 Å². The summed E-state index contributed by atoms with van der Waals surface area (Å²) < 4.78 is 20.4. The Balaban J connectivity index is 0.000000810. The summed E-state index contributed by atoms with van der Waals surface area (Å²) in [5.41, 5.74) is 0.132. The van der Waals surface area contributed by atoms with Gasteiger partial charge in [-0.05, 0) is 18.3 Å². The van der Waals surface area contributed by atoms with Crippen LogP contribution in [0.4, 0.5) is 0 Å². The van der Waals surface area contributed by atoms with Crippen molar-refractivity contribution in [2.24, 2.45) is 5.41 Å². The van der Waals surface area contributed by atoms with Crippen LogP contribution < -0.4 is 29.6 Å². The van der Waals surface area contributed by atoms with E-state index in [-0.39, 0.29) is 35.0 Å². The van der Waals surface area contributed by atoms with E-state index in [1.807, 2.05) is 6.92 Å². The Bertz CT molecular complexity index is 134. The van der Waals surface area contributed by atoms with Crippen molar-refractivity contribution in [3.63, 3.8) is 0 Å². The predicted octanol–water partition coefficient (Wildman–Crippen LogP) is -1.94. The summed E-state index contributed by atoms with van der Waals surface area (Å²) in [6.45, 7) is 2.03. The number of hydrogen-bond donors (Lipinski definition) is 0. The van der Waals surface area contributed by atoms with Crippen LogP contribution >= 0.6 is 0 Å². The van der Waals surface area contributed by atoms with Gasteiger partial charge < -0.3 is 4.55 Å². The first-order chi connectivity index (χ1) is 4.12. The Kier molecular flexibility index (Phi) is 4.68. The van der Waals surface area contributed by atoms with Crippen LogP contribution in [-0.4, -0.2) is 14.5 Å². The summed E-state index contributed by atoms with van der Waals surface area (Å²) in [6, 6.07) is 0. The third-order valence-electron chi connectivity index (χ3n) is 2.03. The molecule has 0 radical (unpaired) electrons. The second-order valence-corrected chi connectivity index (χ2v) is 4.01. The van der Waals surface area contributed by atoms with Gasteiger partial charge in [0.05, 0.1) is 0 Å².